The molecule has 0 bridgehead atoms. The minimum atomic E-state index is -0.603. The van der Waals surface area contributed by atoms with Crippen molar-refractivity contribution in [3.05, 3.63) is 47.7 Å². The Balaban J connectivity index is 1.57. The number of benzene rings is 1. The first kappa shape index (κ1) is 23.9. The third-order valence-corrected chi connectivity index (χ3v) is 5.84. The quantitative estimate of drug-likeness (QED) is 0.566. The zero-order chi connectivity index (χ0) is 23.1. The second kappa shape index (κ2) is 10.7. The van der Waals surface area contributed by atoms with Crippen molar-refractivity contribution in [2.24, 2.45) is 0 Å². The summed E-state index contributed by atoms with van der Waals surface area (Å²) in [6.07, 6.45) is 1.74. The molecule has 32 heavy (non-hydrogen) atoms. The summed E-state index contributed by atoms with van der Waals surface area (Å²) in [6, 6.07) is 10.7. The van der Waals surface area contributed by atoms with Crippen LogP contribution in [0.5, 0.6) is 0 Å². The van der Waals surface area contributed by atoms with Gasteiger partial charge in [-0.3, -0.25) is 9.69 Å². The van der Waals surface area contributed by atoms with Crippen LogP contribution in [0.4, 0.5) is 11.8 Å². The highest BCUT2D eigenvalue weighted by atomic mass is 16.5. The Morgan fingerprint density at radius 3 is 2.53 bits per heavy atom. The van der Waals surface area contributed by atoms with Crippen molar-refractivity contribution in [3.8, 4) is 0 Å². The van der Waals surface area contributed by atoms with Crippen LogP contribution in [0.2, 0.25) is 0 Å². The Hall–Kier alpha value is -2.71. The zero-order valence-electron chi connectivity index (χ0n) is 19.9. The third-order valence-electron chi connectivity index (χ3n) is 5.84. The van der Waals surface area contributed by atoms with Crippen molar-refractivity contribution in [3.63, 3.8) is 0 Å². The van der Waals surface area contributed by atoms with Gasteiger partial charge in [0.15, 0.2) is 0 Å². The molecule has 0 amide bonds. The van der Waals surface area contributed by atoms with Crippen molar-refractivity contribution in [1.82, 2.24) is 19.8 Å². The summed E-state index contributed by atoms with van der Waals surface area (Å²) in [7, 11) is 4.10. The molecule has 0 radical (unpaired) electrons. The van der Waals surface area contributed by atoms with Gasteiger partial charge in [-0.15, -0.1) is 0 Å². The number of nitrogens with zero attached hydrogens (tertiary/aromatic N) is 5. The molecule has 1 fully saturated rings. The molecule has 1 saturated heterocycles. The van der Waals surface area contributed by atoms with Gasteiger partial charge in [-0.05, 0) is 45.0 Å². The molecule has 1 atom stereocenters. The second-order valence-corrected chi connectivity index (χ2v) is 9.26. The Bertz CT molecular complexity index is 865. The van der Waals surface area contributed by atoms with Crippen molar-refractivity contribution in [2.45, 2.75) is 39.0 Å². The summed E-state index contributed by atoms with van der Waals surface area (Å²) in [5.74, 6) is 1.33. The summed E-state index contributed by atoms with van der Waals surface area (Å²) >= 11 is 0. The number of rotatable bonds is 10. The van der Waals surface area contributed by atoms with Crippen LogP contribution >= 0.6 is 0 Å². The van der Waals surface area contributed by atoms with Crippen LogP contribution < -0.4 is 10.2 Å². The molecule has 174 valence electrons. The SMILES string of the molecule is CC(Nc1nccc(N(C)CC(C)(C)OC=O)n1)c1ccc(CN2CCN(C)CC2)cc1. The average Bonchev–Trinajstić information content (AvgIpc) is 2.75. The van der Waals surface area contributed by atoms with E-state index in [-0.39, 0.29) is 6.04 Å². The van der Waals surface area contributed by atoms with Crippen molar-refractivity contribution in [2.75, 3.05) is 57.0 Å². The fourth-order valence-electron chi connectivity index (χ4n) is 3.90. The minimum Gasteiger partial charge on any atom is -0.460 e. The maximum Gasteiger partial charge on any atom is 0.293 e. The number of hydrogen-bond donors (Lipinski definition) is 1. The lowest BCUT2D eigenvalue weighted by Crippen LogP contribution is -2.43. The highest BCUT2D eigenvalue weighted by Gasteiger charge is 2.22. The van der Waals surface area contributed by atoms with Gasteiger partial charge in [0, 0.05) is 46.0 Å². The summed E-state index contributed by atoms with van der Waals surface area (Å²) in [4.78, 5) is 26.5. The van der Waals surface area contributed by atoms with Gasteiger partial charge in [0.1, 0.15) is 11.4 Å². The number of nitrogens with one attached hydrogen (secondary N) is 1. The molecular formula is C24H36N6O2. The van der Waals surface area contributed by atoms with Crippen LogP contribution in [0, 0.1) is 0 Å². The molecule has 0 spiro atoms. The number of ether oxygens (including phenoxy) is 1. The van der Waals surface area contributed by atoms with Gasteiger partial charge in [-0.25, -0.2) is 4.98 Å². The van der Waals surface area contributed by atoms with E-state index in [4.69, 9.17) is 4.74 Å². The number of piperazine rings is 1. The second-order valence-electron chi connectivity index (χ2n) is 9.26. The van der Waals surface area contributed by atoms with E-state index in [0.29, 0.717) is 19.0 Å². The van der Waals surface area contributed by atoms with Crippen molar-refractivity contribution >= 4 is 18.2 Å². The number of hydrogen-bond acceptors (Lipinski definition) is 8. The van der Waals surface area contributed by atoms with E-state index in [9.17, 15) is 4.79 Å². The summed E-state index contributed by atoms with van der Waals surface area (Å²) < 4.78 is 5.15. The van der Waals surface area contributed by atoms with Crippen LogP contribution in [-0.4, -0.2) is 78.7 Å². The van der Waals surface area contributed by atoms with E-state index in [1.165, 1.54) is 11.1 Å². The van der Waals surface area contributed by atoms with Gasteiger partial charge >= 0.3 is 0 Å². The average molecular weight is 441 g/mol. The number of carbonyl (C=O) groups excluding carboxylic acids is 1. The first-order valence-electron chi connectivity index (χ1n) is 11.2. The maximum atomic E-state index is 10.7. The Morgan fingerprint density at radius 1 is 1.19 bits per heavy atom. The predicted octanol–water partition coefficient (Wildman–Crippen LogP) is 2.78. The Kier molecular flexibility index (Phi) is 8.04. The first-order valence-corrected chi connectivity index (χ1v) is 11.2. The summed E-state index contributed by atoms with van der Waals surface area (Å²) in [5, 5.41) is 3.39. The molecule has 2 heterocycles. The molecule has 8 nitrogen and oxygen atoms in total. The number of likely N-dealkylation sites (N-methyl/N-ethyl adjacent to an activating group) is 2. The molecule has 1 aliphatic heterocycles. The lowest BCUT2D eigenvalue weighted by molar-refractivity contribution is -0.139. The van der Waals surface area contributed by atoms with E-state index >= 15 is 0 Å². The lowest BCUT2D eigenvalue weighted by atomic mass is 10.1. The van der Waals surface area contributed by atoms with Crippen molar-refractivity contribution in [1.29, 1.82) is 0 Å². The summed E-state index contributed by atoms with van der Waals surface area (Å²) in [5.41, 5.74) is 1.93. The van der Waals surface area contributed by atoms with Gasteiger partial charge in [-0.2, -0.15) is 4.98 Å². The molecule has 3 rings (SSSR count). The largest absolute Gasteiger partial charge is 0.460 e. The Labute approximate surface area is 191 Å². The van der Waals surface area contributed by atoms with Crippen LogP contribution in [0.1, 0.15) is 37.9 Å². The van der Waals surface area contributed by atoms with Gasteiger partial charge in [0.25, 0.3) is 6.47 Å². The fourth-order valence-corrected chi connectivity index (χ4v) is 3.90. The zero-order valence-corrected chi connectivity index (χ0v) is 19.9. The van der Waals surface area contributed by atoms with E-state index in [1.807, 2.05) is 31.9 Å². The van der Waals surface area contributed by atoms with Crippen LogP contribution in [0.3, 0.4) is 0 Å². The van der Waals surface area contributed by atoms with E-state index < -0.39 is 5.60 Å². The van der Waals surface area contributed by atoms with Gasteiger partial charge in [-0.1, -0.05) is 24.3 Å². The Morgan fingerprint density at radius 2 is 1.88 bits per heavy atom. The molecule has 0 aliphatic carbocycles. The maximum absolute atomic E-state index is 10.7. The summed E-state index contributed by atoms with van der Waals surface area (Å²) in [6.45, 7) is 12.4. The highest BCUT2D eigenvalue weighted by Crippen LogP contribution is 2.21. The van der Waals surface area contributed by atoms with E-state index in [2.05, 4.69) is 63.3 Å². The number of aromatic nitrogens is 2. The number of anilines is 2. The molecule has 1 N–H and O–H groups in total. The van der Waals surface area contributed by atoms with E-state index in [0.717, 1.165) is 38.5 Å². The predicted molar refractivity (Wildman–Crippen MR) is 128 cm³/mol. The van der Waals surface area contributed by atoms with Crippen LogP contribution in [-0.2, 0) is 16.1 Å². The highest BCUT2D eigenvalue weighted by molar-refractivity contribution is 5.44. The topological polar surface area (TPSA) is 73.8 Å². The van der Waals surface area contributed by atoms with E-state index in [1.54, 1.807) is 6.20 Å². The number of carbonyl (C=O) groups is 1. The van der Waals surface area contributed by atoms with Gasteiger partial charge in [0.05, 0.1) is 12.6 Å². The van der Waals surface area contributed by atoms with Crippen LogP contribution in [0.25, 0.3) is 0 Å². The normalized spacial score (nSPS) is 16.4. The smallest absolute Gasteiger partial charge is 0.293 e. The molecule has 1 aromatic heterocycles. The van der Waals surface area contributed by atoms with Gasteiger partial charge < -0.3 is 19.9 Å². The molecule has 1 aliphatic rings. The monoisotopic (exact) mass is 440 g/mol. The molecule has 1 aromatic carbocycles. The standard InChI is InChI=1S/C24H36N6O2/c1-19(21-8-6-20(7-9-21)16-30-14-12-28(4)13-15-30)26-23-25-11-10-22(27-23)29(5)17-24(2,3)32-18-31/h6-11,18-19H,12-17H2,1-5H3,(H,25,26,27). The minimum absolute atomic E-state index is 0.0723. The molecule has 2 aromatic rings. The first-order chi connectivity index (χ1) is 15.3. The van der Waals surface area contributed by atoms with Crippen molar-refractivity contribution < 1.29 is 9.53 Å². The third kappa shape index (κ3) is 6.90. The molecule has 8 heteroatoms. The van der Waals surface area contributed by atoms with Crippen LogP contribution in [0.15, 0.2) is 36.5 Å². The molecule has 1 unspecified atom stereocenters. The molecule has 0 saturated carbocycles. The van der Waals surface area contributed by atoms with Gasteiger partial charge in [0.2, 0.25) is 5.95 Å². The molecular weight excluding hydrogens is 404 g/mol. The fraction of sp³-hybridized carbons (Fsp3) is 0.542. The lowest BCUT2D eigenvalue weighted by Gasteiger charge is -2.32.